The zero-order valence-corrected chi connectivity index (χ0v) is 16.7. The smallest absolute Gasteiger partial charge is 0.232 e. The molecule has 144 valence electrons. The zero-order chi connectivity index (χ0) is 20.0. The second-order valence-electron chi connectivity index (χ2n) is 7.67. The number of halogens is 1. The van der Waals surface area contributed by atoms with Crippen LogP contribution in [-0.4, -0.2) is 11.7 Å². The van der Waals surface area contributed by atoms with E-state index in [2.05, 4.69) is 24.3 Å². The van der Waals surface area contributed by atoms with Crippen molar-refractivity contribution in [1.29, 1.82) is 0 Å². The van der Waals surface area contributed by atoms with E-state index in [4.69, 9.17) is 11.6 Å². The molecule has 0 spiro atoms. The molecular weight excluding hydrogens is 382 g/mol. The molecule has 0 saturated carbocycles. The summed E-state index contributed by atoms with van der Waals surface area (Å²) in [4.78, 5) is 28.1. The average molecular weight is 402 g/mol. The van der Waals surface area contributed by atoms with Gasteiger partial charge in [-0.25, -0.2) is 0 Å². The number of amides is 1. The van der Waals surface area contributed by atoms with Crippen molar-refractivity contribution in [3.05, 3.63) is 88.6 Å². The minimum Gasteiger partial charge on any atom is -0.294 e. The third-order valence-electron chi connectivity index (χ3n) is 5.94. The molecule has 29 heavy (non-hydrogen) atoms. The molecule has 3 aromatic rings. The largest absolute Gasteiger partial charge is 0.294 e. The number of benzene rings is 3. The number of rotatable bonds is 2. The maximum Gasteiger partial charge on any atom is 0.232 e. The molecule has 1 aliphatic heterocycles. The quantitative estimate of drug-likeness (QED) is 0.526. The normalized spacial score (nSPS) is 19.6. The molecule has 0 aromatic heterocycles. The van der Waals surface area contributed by atoms with Crippen molar-refractivity contribution in [2.75, 3.05) is 4.90 Å². The van der Waals surface area contributed by atoms with Crippen LogP contribution in [0.5, 0.6) is 0 Å². The molecule has 0 saturated heterocycles. The summed E-state index contributed by atoms with van der Waals surface area (Å²) in [5.74, 6) is -0.0332. The number of Topliss-reactive ketones (excluding diaryl/α,β-unsaturated/α-hetero) is 1. The van der Waals surface area contributed by atoms with Crippen molar-refractivity contribution >= 4 is 39.8 Å². The van der Waals surface area contributed by atoms with E-state index >= 15 is 0 Å². The van der Waals surface area contributed by atoms with E-state index in [-0.39, 0.29) is 24.0 Å². The summed E-state index contributed by atoms with van der Waals surface area (Å²) >= 11 is 6.18. The molecule has 1 heterocycles. The second-order valence-corrected chi connectivity index (χ2v) is 8.11. The van der Waals surface area contributed by atoms with Crippen molar-refractivity contribution < 1.29 is 9.59 Å². The number of allylic oxidation sites excluding steroid dienone is 2. The highest BCUT2D eigenvalue weighted by atomic mass is 35.5. The Morgan fingerprint density at radius 1 is 0.897 bits per heavy atom. The number of nitrogens with zero attached hydrogens (tertiary/aromatic N) is 1. The van der Waals surface area contributed by atoms with Gasteiger partial charge in [-0.1, -0.05) is 60.1 Å². The highest BCUT2D eigenvalue weighted by Gasteiger charge is 2.40. The molecule has 1 unspecified atom stereocenters. The zero-order valence-electron chi connectivity index (χ0n) is 15.9. The first-order valence-corrected chi connectivity index (χ1v) is 10.3. The summed E-state index contributed by atoms with van der Waals surface area (Å²) in [7, 11) is 0. The maximum atomic E-state index is 13.3. The number of anilines is 1. The number of carbonyl (C=O) groups is 2. The summed E-state index contributed by atoms with van der Waals surface area (Å²) in [5, 5.41) is 2.81. The maximum absolute atomic E-state index is 13.3. The summed E-state index contributed by atoms with van der Waals surface area (Å²) in [6.07, 6.45) is 2.31. The van der Waals surface area contributed by atoms with Crippen molar-refractivity contribution in [1.82, 2.24) is 0 Å². The van der Waals surface area contributed by atoms with Gasteiger partial charge < -0.3 is 0 Å². The van der Waals surface area contributed by atoms with E-state index in [0.717, 1.165) is 46.1 Å². The molecule has 0 radical (unpaired) electrons. The molecule has 3 aromatic carbocycles. The first kappa shape index (κ1) is 18.1. The lowest BCUT2D eigenvalue weighted by Gasteiger charge is -2.38. The highest BCUT2D eigenvalue weighted by molar-refractivity contribution is 6.31. The first-order chi connectivity index (χ1) is 14.1. The van der Waals surface area contributed by atoms with Crippen LogP contribution in [0.25, 0.3) is 10.8 Å². The van der Waals surface area contributed by atoms with Gasteiger partial charge in [0.1, 0.15) is 0 Å². The molecule has 0 bridgehead atoms. The van der Waals surface area contributed by atoms with E-state index in [1.165, 1.54) is 0 Å². The average Bonchev–Trinajstić information content (AvgIpc) is 2.73. The topological polar surface area (TPSA) is 37.4 Å². The fourth-order valence-electron chi connectivity index (χ4n) is 4.73. The lowest BCUT2D eigenvalue weighted by molar-refractivity contribution is -0.119. The highest BCUT2D eigenvalue weighted by Crippen LogP contribution is 2.45. The van der Waals surface area contributed by atoms with Crippen molar-refractivity contribution in [3.8, 4) is 0 Å². The Morgan fingerprint density at radius 3 is 2.55 bits per heavy atom. The Labute approximate surface area is 174 Å². The Hall–Kier alpha value is -2.91. The number of carbonyl (C=O) groups excluding carboxylic acids is 2. The van der Waals surface area contributed by atoms with Crippen LogP contribution in [0.15, 0.2) is 78.0 Å². The van der Waals surface area contributed by atoms with Crippen LogP contribution < -0.4 is 4.90 Å². The monoisotopic (exact) mass is 401 g/mol. The van der Waals surface area contributed by atoms with Gasteiger partial charge >= 0.3 is 0 Å². The number of hydrogen-bond acceptors (Lipinski definition) is 2. The van der Waals surface area contributed by atoms with Crippen LogP contribution in [0.1, 0.15) is 37.2 Å². The van der Waals surface area contributed by atoms with Gasteiger partial charge in [0, 0.05) is 35.1 Å². The van der Waals surface area contributed by atoms with Crippen LogP contribution in [0.4, 0.5) is 5.69 Å². The molecule has 5 rings (SSSR count). The van der Waals surface area contributed by atoms with Gasteiger partial charge in [-0.05, 0) is 47.4 Å². The van der Waals surface area contributed by atoms with Gasteiger partial charge in [0.2, 0.25) is 5.91 Å². The van der Waals surface area contributed by atoms with Crippen LogP contribution in [0.2, 0.25) is 5.02 Å². The summed E-state index contributed by atoms with van der Waals surface area (Å²) < 4.78 is 0. The van der Waals surface area contributed by atoms with Crippen LogP contribution in [0, 0.1) is 0 Å². The van der Waals surface area contributed by atoms with Crippen LogP contribution >= 0.6 is 11.6 Å². The predicted octanol–water partition coefficient (Wildman–Crippen LogP) is 6.02. The SMILES string of the molecule is O=C1CCCC2=C1C(c1cccc3ccccc13)CC(=O)N2c1cccc(Cl)c1. The molecule has 3 nitrogen and oxygen atoms in total. The molecule has 4 heteroatoms. The van der Waals surface area contributed by atoms with Crippen molar-refractivity contribution in [2.45, 2.75) is 31.6 Å². The fraction of sp³-hybridized carbons (Fsp3) is 0.200. The van der Waals surface area contributed by atoms with Crippen LogP contribution in [0.3, 0.4) is 0 Å². The molecule has 2 aliphatic rings. The molecule has 1 atom stereocenters. The Balaban J connectivity index is 1.71. The predicted molar refractivity (Wildman–Crippen MR) is 116 cm³/mol. The molecule has 0 N–H and O–H groups in total. The molecule has 0 fully saturated rings. The van der Waals surface area contributed by atoms with Crippen molar-refractivity contribution in [2.24, 2.45) is 0 Å². The van der Waals surface area contributed by atoms with E-state index < -0.39 is 0 Å². The van der Waals surface area contributed by atoms with E-state index in [0.29, 0.717) is 11.4 Å². The minimum atomic E-state index is -0.202. The molecule has 1 aliphatic carbocycles. The molecular formula is C25H20ClNO2. The van der Waals surface area contributed by atoms with Crippen LogP contribution in [-0.2, 0) is 9.59 Å². The number of fused-ring (bicyclic) bond motifs is 1. The standard InChI is InChI=1S/C25H20ClNO2/c26-17-8-4-9-18(14-17)27-22-12-5-13-23(28)25(22)21(15-24(27)29)20-11-3-7-16-6-1-2-10-19(16)20/h1-4,6-11,14,21H,5,12-13,15H2. The second kappa shape index (κ2) is 7.16. The Bertz CT molecular complexity index is 1170. The summed E-state index contributed by atoms with van der Waals surface area (Å²) in [6, 6.07) is 21.6. The van der Waals surface area contributed by atoms with E-state index in [1.54, 1.807) is 17.0 Å². The molecule has 1 amide bonds. The first-order valence-electron chi connectivity index (χ1n) is 9.96. The van der Waals surface area contributed by atoms with Gasteiger partial charge in [0.05, 0.1) is 5.69 Å². The number of hydrogen-bond donors (Lipinski definition) is 0. The lowest BCUT2D eigenvalue weighted by Crippen LogP contribution is -2.40. The van der Waals surface area contributed by atoms with Crippen molar-refractivity contribution in [3.63, 3.8) is 0 Å². The Kier molecular flexibility index (Phi) is 4.48. The summed E-state index contributed by atoms with van der Waals surface area (Å²) in [6.45, 7) is 0. The van der Waals surface area contributed by atoms with Gasteiger partial charge in [-0.3, -0.25) is 14.5 Å². The minimum absolute atomic E-state index is 0.0126. The number of ketones is 1. The van der Waals surface area contributed by atoms with Gasteiger partial charge in [0.15, 0.2) is 5.78 Å². The Morgan fingerprint density at radius 2 is 1.69 bits per heavy atom. The van der Waals surface area contributed by atoms with Gasteiger partial charge in [-0.15, -0.1) is 0 Å². The fourth-order valence-corrected chi connectivity index (χ4v) is 4.91. The lowest BCUT2D eigenvalue weighted by atomic mass is 9.76. The van der Waals surface area contributed by atoms with E-state index in [1.807, 2.05) is 30.3 Å². The van der Waals surface area contributed by atoms with Gasteiger partial charge in [0.25, 0.3) is 0 Å². The third-order valence-corrected chi connectivity index (χ3v) is 6.18. The summed E-state index contributed by atoms with van der Waals surface area (Å²) in [5.41, 5.74) is 3.44. The van der Waals surface area contributed by atoms with E-state index in [9.17, 15) is 9.59 Å². The van der Waals surface area contributed by atoms with Gasteiger partial charge in [-0.2, -0.15) is 0 Å². The third kappa shape index (κ3) is 3.06.